The van der Waals surface area contributed by atoms with Gasteiger partial charge in [0.2, 0.25) is 0 Å². The van der Waals surface area contributed by atoms with E-state index < -0.39 is 0 Å². The maximum absolute atomic E-state index is 5.88. The highest BCUT2D eigenvalue weighted by molar-refractivity contribution is 6.30. The highest BCUT2D eigenvalue weighted by Crippen LogP contribution is 2.18. The van der Waals surface area contributed by atoms with Crippen LogP contribution in [0.5, 0.6) is 5.75 Å². The second-order valence-corrected chi connectivity index (χ2v) is 4.51. The molecule has 3 heteroatoms. The van der Waals surface area contributed by atoms with Gasteiger partial charge in [-0.15, -0.1) is 0 Å². The van der Waals surface area contributed by atoms with Crippen molar-refractivity contribution in [2.45, 2.75) is 20.5 Å². The van der Waals surface area contributed by atoms with Crippen LogP contribution in [0, 0.1) is 13.8 Å². The number of pyridine rings is 1. The molecule has 0 saturated heterocycles. The van der Waals surface area contributed by atoms with Gasteiger partial charge in [0.25, 0.3) is 0 Å². The van der Waals surface area contributed by atoms with Crippen LogP contribution in [0.3, 0.4) is 0 Å². The minimum atomic E-state index is 0.434. The lowest BCUT2D eigenvalue weighted by atomic mass is 10.1. The Hall–Kier alpha value is -1.54. The van der Waals surface area contributed by atoms with Crippen molar-refractivity contribution in [2.75, 3.05) is 0 Å². The molecule has 88 valence electrons. The monoisotopic (exact) mass is 247 g/mol. The van der Waals surface area contributed by atoms with Crippen LogP contribution in [0.25, 0.3) is 0 Å². The van der Waals surface area contributed by atoms with Gasteiger partial charge in [-0.25, -0.2) is 0 Å². The van der Waals surface area contributed by atoms with Gasteiger partial charge in [0.15, 0.2) is 0 Å². The van der Waals surface area contributed by atoms with Crippen molar-refractivity contribution in [2.24, 2.45) is 0 Å². The standard InChI is InChI=1S/C14H14ClNO/c1-10-5-11(2)7-14(6-10)17-9-13-8-12(15)3-4-16-13/h3-8H,9H2,1-2H3. The molecular weight excluding hydrogens is 234 g/mol. The number of rotatable bonds is 3. The Kier molecular flexibility index (Phi) is 3.64. The van der Waals surface area contributed by atoms with E-state index in [4.69, 9.17) is 16.3 Å². The van der Waals surface area contributed by atoms with Gasteiger partial charge in [0.1, 0.15) is 12.4 Å². The molecule has 0 spiro atoms. The van der Waals surface area contributed by atoms with Gasteiger partial charge in [0.05, 0.1) is 5.69 Å². The topological polar surface area (TPSA) is 22.1 Å². The number of halogens is 1. The molecule has 2 aromatic rings. The predicted molar refractivity (Wildman–Crippen MR) is 69.5 cm³/mol. The van der Waals surface area contributed by atoms with E-state index in [0.29, 0.717) is 11.6 Å². The van der Waals surface area contributed by atoms with E-state index in [1.807, 2.05) is 18.2 Å². The molecule has 2 nitrogen and oxygen atoms in total. The molecule has 2 rings (SSSR count). The van der Waals surface area contributed by atoms with Crippen LogP contribution < -0.4 is 4.74 Å². The molecule has 0 aliphatic rings. The molecule has 0 saturated carbocycles. The van der Waals surface area contributed by atoms with Crippen LogP contribution in [-0.4, -0.2) is 4.98 Å². The summed E-state index contributed by atoms with van der Waals surface area (Å²) in [5, 5.41) is 0.680. The average Bonchev–Trinajstić information content (AvgIpc) is 2.25. The zero-order valence-corrected chi connectivity index (χ0v) is 10.7. The van der Waals surface area contributed by atoms with Gasteiger partial charge in [0, 0.05) is 11.2 Å². The zero-order valence-electron chi connectivity index (χ0n) is 9.90. The van der Waals surface area contributed by atoms with E-state index in [-0.39, 0.29) is 0 Å². The average molecular weight is 248 g/mol. The van der Waals surface area contributed by atoms with Crippen LogP contribution in [0.15, 0.2) is 36.5 Å². The van der Waals surface area contributed by atoms with Gasteiger partial charge in [-0.05, 0) is 49.2 Å². The molecule has 0 fully saturated rings. The number of benzene rings is 1. The maximum atomic E-state index is 5.88. The summed E-state index contributed by atoms with van der Waals surface area (Å²) in [7, 11) is 0. The first-order chi connectivity index (χ1) is 8.13. The summed E-state index contributed by atoms with van der Waals surface area (Å²) in [5.41, 5.74) is 3.22. The predicted octanol–water partition coefficient (Wildman–Crippen LogP) is 3.93. The van der Waals surface area contributed by atoms with Crippen LogP contribution >= 0.6 is 11.6 Å². The van der Waals surface area contributed by atoms with Gasteiger partial charge in [-0.3, -0.25) is 4.98 Å². The summed E-state index contributed by atoms with van der Waals surface area (Å²) >= 11 is 5.88. The Morgan fingerprint density at radius 1 is 1.12 bits per heavy atom. The largest absolute Gasteiger partial charge is 0.487 e. The summed E-state index contributed by atoms with van der Waals surface area (Å²) in [6.45, 7) is 4.54. The molecule has 1 heterocycles. The Bertz CT molecular complexity index is 505. The van der Waals surface area contributed by atoms with Crippen molar-refractivity contribution >= 4 is 11.6 Å². The number of aromatic nitrogens is 1. The third-order valence-corrected chi connectivity index (χ3v) is 2.60. The number of ether oxygens (including phenoxy) is 1. The van der Waals surface area contributed by atoms with Crippen molar-refractivity contribution in [1.29, 1.82) is 0 Å². The molecular formula is C14H14ClNO. The van der Waals surface area contributed by atoms with Crippen molar-refractivity contribution < 1.29 is 4.74 Å². The van der Waals surface area contributed by atoms with Gasteiger partial charge in [-0.1, -0.05) is 17.7 Å². The summed E-state index contributed by atoms with van der Waals surface area (Å²) in [5.74, 6) is 0.865. The number of hydrogen-bond donors (Lipinski definition) is 0. The summed E-state index contributed by atoms with van der Waals surface area (Å²) < 4.78 is 5.69. The number of hydrogen-bond acceptors (Lipinski definition) is 2. The lowest BCUT2D eigenvalue weighted by Gasteiger charge is -2.07. The quantitative estimate of drug-likeness (QED) is 0.820. The molecule has 0 bridgehead atoms. The van der Waals surface area contributed by atoms with E-state index in [1.54, 1.807) is 12.3 Å². The first-order valence-electron chi connectivity index (χ1n) is 5.45. The molecule has 0 unspecified atom stereocenters. The zero-order chi connectivity index (χ0) is 12.3. The highest BCUT2D eigenvalue weighted by Gasteiger charge is 2.00. The highest BCUT2D eigenvalue weighted by atomic mass is 35.5. The fraction of sp³-hybridized carbons (Fsp3) is 0.214. The first kappa shape index (κ1) is 11.9. The third-order valence-electron chi connectivity index (χ3n) is 2.36. The molecule has 1 aromatic heterocycles. The van der Waals surface area contributed by atoms with Crippen LogP contribution in [-0.2, 0) is 6.61 Å². The second-order valence-electron chi connectivity index (χ2n) is 4.08. The fourth-order valence-electron chi connectivity index (χ4n) is 1.70. The second kappa shape index (κ2) is 5.19. The molecule has 0 aliphatic heterocycles. The minimum Gasteiger partial charge on any atom is -0.487 e. The van der Waals surface area contributed by atoms with Crippen LogP contribution in [0.1, 0.15) is 16.8 Å². The smallest absolute Gasteiger partial charge is 0.130 e. The van der Waals surface area contributed by atoms with E-state index in [2.05, 4.69) is 24.9 Å². The molecule has 1 aromatic carbocycles. The fourth-order valence-corrected chi connectivity index (χ4v) is 1.88. The Balaban J connectivity index is 2.07. The number of nitrogens with zero attached hydrogens (tertiary/aromatic N) is 1. The minimum absolute atomic E-state index is 0.434. The SMILES string of the molecule is Cc1cc(C)cc(OCc2cc(Cl)ccn2)c1. The first-order valence-corrected chi connectivity index (χ1v) is 5.83. The third kappa shape index (κ3) is 3.46. The molecule has 0 amide bonds. The Morgan fingerprint density at radius 2 is 1.82 bits per heavy atom. The summed E-state index contributed by atoms with van der Waals surface area (Å²) in [6.07, 6.45) is 1.68. The Morgan fingerprint density at radius 3 is 2.47 bits per heavy atom. The molecule has 0 atom stereocenters. The lowest BCUT2D eigenvalue weighted by Crippen LogP contribution is -1.98. The number of aryl methyl sites for hydroxylation is 2. The molecule has 17 heavy (non-hydrogen) atoms. The van der Waals surface area contributed by atoms with Crippen molar-refractivity contribution in [3.05, 3.63) is 58.4 Å². The van der Waals surface area contributed by atoms with E-state index in [1.165, 1.54) is 11.1 Å². The summed E-state index contributed by atoms with van der Waals surface area (Å²) in [4.78, 5) is 4.19. The molecule has 0 aliphatic carbocycles. The maximum Gasteiger partial charge on any atom is 0.130 e. The molecule has 0 radical (unpaired) electrons. The van der Waals surface area contributed by atoms with Gasteiger partial charge >= 0.3 is 0 Å². The Labute approximate surface area is 106 Å². The summed E-state index contributed by atoms with van der Waals surface area (Å²) in [6, 6.07) is 9.70. The lowest BCUT2D eigenvalue weighted by molar-refractivity contribution is 0.301. The van der Waals surface area contributed by atoms with Crippen LogP contribution in [0.2, 0.25) is 5.02 Å². The van der Waals surface area contributed by atoms with Crippen molar-refractivity contribution in [3.63, 3.8) is 0 Å². The van der Waals surface area contributed by atoms with Crippen molar-refractivity contribution in [3.8, 4) is 5.75 Å². The van der Waals surface area contributed by atoms with Crippen molar-refractivity contribution in [1.82, 2.24) is 4.98 Å². The van der Waals surface area contributed by atoms with E-state index >= 15 is 0 Å². The van der Waals surface area contributed by atoms with Gasteiger partial charge < -0.3 is 4.74 Å². The van der Waals surface area contributed by atoms with Gasteiger partial charge in [-0.2, -0.15) is 0 Å². The normalized spacial score (nSPS) is 10.3. The molecule has 0 N–H and O–H groups in total. The van der Waals surface area contributed by atoms with E-state index in [0.717, 1.165) is 11.4 Å². The van der Waals surface area contributed by atoms with Crippen LogP contribution in [0.4, 0.5) is 0 Å². The van der Waals surface area contributed by atoms with E-state index in [9.17, 15) is 0 Å².